The monoisotopic (exact) mass is 699 g/mol. The molecule has 2 nitrogen and oxygen atoms in total. The van der Waals surface area contributed by atoms with Gasteiger partial charge in [-0.2, -0.15) is 0 Å². The molecular formula is C48H29NOS2. The molecular weight excluding hydrogens is 671 g/mol. The van der Waals surface area contributed by atoms with Gasteiger partial charge >= 0.3 is 0 Å². The fourth-order valence-corrected chi connectivity index (χ4v) is 10.3. The van der Waals surface area contributed by atoms with Gasteiger partial charge in [-0.3, -0.25) is 0 Å². The lowest BCUT2D eigenvalue weighted by Crippen LogP contribution is -2.10. The van der Waals surface area contributed by atoms with Crippen LogP contribution >= 0.6 is 22.7 Å². The summed E-state index contributed by atoms with van der Waals surface area (Å²) in [6.07, 6.45) is 0. The average molecular weight is 700 g/mol. The first-order chi connectivity index (χ1) is 25.8. The minimum absolute atomic E-state index is 0.901. The summed E-state index contributed by atoms with van der Waals surface area (Å²) in [6.45, 7) is 0. The molecule has 3 heterocycles. The van der Waals surface area contributed by atoms with Gasteiger partial charge in [0.25, 0.3) is 0 Å². The second kappa shape index (κ2) is 11.7. The second-order valence-corrected chi connectivity index (χ2v) is 15.4. The van der Waals surface area contributed by atoms with Crippen LogP contribution in [-0.2, 0) is 0 Å². The molecule has 0 aliphatic carbocycles. The van der Waals surface area contributed by atoms with E-state index < -0.39 is 0 Å². The van der Waals surface area contributed by atoms with Crippen molar-refractivity contribution in [1.82, 2.24) is 0 Å². The number of hydrogen-bond donors (Lipinski definition) is 0. The Bertz CT molecular complexity index is 3020. The van der Waals surface area contributed by atoms with Crippen LogP contribution in [0.4, 0.5) is 17.1 Å². The van der Waals surface area contributed by atoms with E-state index >= 15 is 0 Å². The van der Waals surface area contributed by atoms with E-state index in [1.807, 2.05) is 28.7 Å². The maximum Gasteiger partial charge on any atom is 0.143 e. The maximum absolute atomic E-state index is 6.49. The predicted molar refractivity (Wildman–Crippen MR) is 225 cm³/mol. The predicted octanol–water partition coefficient (Wildman–Crippen LogP) is 15.1. The molecule has 0 spiro atoms. The van der Waals surface area contributed by atoms with Crippen molar-refractivity contribution in [2.45, 2.75) is 0 Å². The first-order valence-electron chi connectivity index (χ1n) is 17.5. The van der Waals surface area contributed by atoms with Gasteiger partial charge in [-0.25, -0.2) is 0 Å². The fourth-order valence-electron chi connectivity index (χ4n) is 7.85. The van der Waals surface area contributed by atoms with E-state index in [4.69, 9.17) is 4.42 Å². The summed E-state index contributed by atoms with van der Waals surface area (Å²) < 4.78 is 11.7. The molecule has 8 aromatic carbocycles. The third kappa shape index (κ3) is 4.55. The molecule has 0 saturated carbocycles. The summed E-state index contributed by atoms with van der Waals surface area (Å²) in [7, 11) is 0. The Morgan fingerprint density at radius 2 is 0.942 bits per heavy atom. The van der Waals surface area contributed by atoms with E-state index in [0.29, 0.717) is 0 Å². The second-order valence-electron chi connectivity index (χ2n) is 13.2. The number of benzene rings is 8. The van der Waals surface area contributed by atoms with Crippen LogP contribution in [-0.4, -0.2) is 0 Å². The standard InChI is InChI=1S/C48H29NOS2/c1-2-11-31(12-3-1)34-15-8-16-37-40-29-32(25-28-43(40)50-46(34)37)30-23-26-33(27-24-30)49(41-19-9-17-38-35-13-4-6-21-44(35)51-47(38)41)42-20-10-18-39-36-14-5-7-22-45(36)52-48(39)42/h1-29H. The van der Waals surface area contributed by atoms with E-state index in [2.05, 4.69) is 175 Å². The van der Waals surface area contributed by atoms with Crippen LogP contribution in [0.3, 0.4) is 0 Å². The van der Waals surface area contributed by atoms with Gasteiger partial charge in [0.1, 0.15) is 11.2 Å². The van der Waals surface area contributed by atoms with Crippen LogP contribution < -0.4 is 4.90 Å². The lowest BCUT2D eigenvalue weighted by atomic mass is 10.00. The van der Waals surface area contributed by atoms with Crippen LogP contribution in [0.15, 0.2) is 180 Å². The van der Waals surface area contributed by atoms with E-state index in [1.165, 1.54) is 57.3 Å². The van der Waals surface area contributed by atoms with Gasteiger partial charge in [0.05, 0.1) is 20.8 Å². The van der Waals surface area contributed by atoms with Crippen LogP contribution in [0.2, 0.25) is 0 Å². The van der Waals surface area contributed by atoms with E-state index in [-0.39, 0.29) is 0 Å². The molecule has 0 atom stereocenters. The molecule has 0 amide bonds. The molecule has 0 bridgehead atoms. The summed E-state index contributed by atoms with van der Waals surface area (Å²) in [5.74, 6) is 0. The topological polar surface area (TPSA) is 16.4 Å². The van der Waals surface area contributed by atoms with Gasteiger partial charge in [-0.1, -0.05) is 127 Å². The van der Waals surface area contributed by atoms with Gasteiger partial charge in [0, 0.05) is 53.0 Å². The Hall–Kier alpha value is -6.20. The average Bonchev–Trinajstić information content (AvgIpc) is 3.90. The molecule has 11 rings (SSSR count). The molecule has 0 N–H and O–H groups in total. The van der Waals surface area contributed by atoms with Crippen molar-refractivity contribution in [3.8, 4) is 22.3 Å². The third-order valence-electron chi connectivity index (χ3n) is 10.3. The van der Waals surface area contributed by atoms with Crippen LogP contribution in [0.5, 0.6) is 0 Å². The number of anilines is 3. The van der Waals surface area contributed by atoms with Crippen molar-refractivity contribution in [1.29, 1.82) is 0 Å². The highest BCUT2D eigenvalue weighted by Gasteiger charge is 2.22. The zero-order valence-corrected chi connectivity index (χ0v) is 29.5. The summed E-state index contributed by atoms with van der Waals surface area (Å²) in [5, 5.41) is 7.45. The van der Waals surface area contributed by atoms with E-state index in [9.17, 15) is 0 Å². The number of hydrogen-bond acceptors (Lipinski definition) is 4. The molecule has 11 aromatic rings. The van der Waals surface area contributed by atoms with Crippen molar-refractivity contribution in [3.05, 3.63) is 176 Å². The third-order valence-corrected chi connectivity index (χ3v) is 12.7. The van der Waals surface area contributed by atoms with Crippen LogP contribution in [0, 0.1) is 0 Å². The summed E-state index contributed by atoms with van der Waals surface area (Å²) >= 11 is 3.74. The largest absolute Gasteiger partial charge is 0.455 e. The minimum Gasteiger partial charge on any atom is -0.455 e. The molecule has 0 aliphatic heterocycles. The summed E-state index contributed by atoms with van der Waals surface area (Å²) in [6, 6.07) is 63.6. The van der Waals surface area contributed by atoms with Crippen molar-refractivity contribution >= 4 is 102 Å². The van der Waals surface area contributed by atoms with E-state index in [0.717, 1.165) is 44.3 Å². The number of para-hydroxylation sites is 1. The van der Waals surface area contributed by atoms with E-state index in [1.54, 1.807) is 0 Å². The van der Waals surface area contributed by atoms with Crippen LogP contribution in [0.25, 0.3) is 84.5 Å². The highest BCUT2D eigenvalue weighted by atomic mass is 32.1. The van der Waals surface area contributed by atoms with Crippen molar-refractivity contribution in [2.24, 2.45) is 0 Å². The van der Waals surface area contributed by atoms with Crippen LogP contribution in [0.1, 0.15) is 0 Å². The van der Waals surface area contributed by atoms with Crippen molar-refractivity contribution in [2.75, 3.05) is 4.90 Å². The van der Waals surface area contributed by atoms with Gasteiger partial charge in [-0.05, 0) is 65.2 Å². The highest BCUT2D eigenvalue weighted by Crippen LogP contribution is 2.49. The smallest absolute Gasteiger partial charge is 0.143 e. The zero-order chi connectivity index (χ0) is 34.2. The number of fused-ring (bicyclic) bond motifs is 9. The molecule has 0 unspecified atom stereocenters. The van der Waals surface area contributed by atoms with Gasteiger partial charge < -0.3 is 9.32 Å². The fraction of sp³-hybridized carbons (Fsp3) is 0. The normalized spacial score (nSPS) is 11.8. The zero-order valence-electron chi connectivity index (χ0n) is 27.9. The SMILES string of the molecule is c1ccc(-c2cccc3c2oc2ccc(-c4ccc(N(c5cccc6c5sc5ccccc56)c5cccc6c5sc5ccccc56)cc4)cc23)cc1. The Kier molecular flexibility index (Phi) is 6.63. The van der Waals surface area contributed by atoms with Crippen molar-refractivity contribution < 1.29 is 4.42 Å². The minimum atomic E-state index is 0.901. The molecule has 3 aromatic heterocycles. The lowest BCUT2D eigenvalue weighted by Gasteiger charge is -2.27. The lowest BCUT2D eigenvalue weighted by molar-refractivity contribution is 0.670. The molecule has 244 valence electrons. The van der Waals surface area contributed by atoms with Gasteiger partial charge in [0.2, 0.25) is 0 Å². The summed E-state index contributed by atoms with van der Waals surface area (Å²) in [4.78, 5) is 2.47. The quantitative estimate of drug-likeness (QED) is 0.178. The first-order valence-corrected chi connectivity index (χ1v) is 19.1. The molecule has 0 fully saturated rings. The Morgan fingerprint density at radius 3 is 1.62 bits per heavy atom. The number of rotatable bonds is 5. The molecule has 4 heteroatoms. The Balaban J connectivity index is 1.07. The molecule has 52 heavy (non-hydrogen) atoms. The number of thiophene rings is 2. The Labute approximate surface area is 308 Å². The number of furan rings is 1. The van der Waals surface area contributed by atoms with Gasteiger partial charge in [0.15, 0.2) is 0 Å². The van der Waals surface area contributed by atoms with Gasteiger partial charge in [-0.15, -0.1) is 22.7 Å². The molecule has 0 aliphatic rings. The molecule has 0 saturated heterocycles. The molecule has 0 radical (unpaired) electrons. The number of nitrogens with zero attached hydrogens (tertiary/aromatic N) is 1. The Morgan fingerprint density at radius 1 is 0.385 bits per heavy atom. The van der Waals surface area contributed by atoms with Crippen molar-refractivity contribution in [3.63, 3.8) is 0 Å². The maximum atomic E-state index is 6.49. The summed E-state index contributed by atoms with van der Waals surface area (Å²) in [5.41, 5.74) is 9.94. The first kappa shape index (κ1) is 29.5. The highest BCUT2D eigenvalue weighted by molar-refractivity contribution is 7.27.